The van der Waals surface area contributed by atoms with Crippen LogP contribution in [0.15, 0.2) is 77.7 Å². The maximum Gasteiger partial charge on any atom is 0.287 e. The molecule has 8 heteroatoms. The summed E-state index contributed by atoms with van der Waals surface area (Å²) in [6, 6.07) is 14.8. The van der Waals surface area contributed by atoms with Crippen molar-refractivity contribution in [3.8, 4) is 0 Å². The lowest BCUT2D eigenvalue weighted by Crippen LogP contribution is -2.49. The number of furan rings is 1. The zero-order valence-electron chi connectivity index (χ0n) is 18.9. The Labute approximate surface area is 198 Å². The van der Waals surface area contributed by atoms with Gasteiger partial charge in [-0.1, -0.05) is 43.5 Å². The molecule has 0 bridgehead atoms. The molecular formula is C26H28N4O4. The van der Waals surface area contributed by atoms with Gasteiger partial charge in [-0.2, -0.15) is 0 Å². The number of aromatic nitrogens is 1. The van der Waals surface area contributed by atoms with Crippen LogP contribution < -0.4 is 15.5 Å². The zero-order chi connectivity index (χ0) is 23.8. The highest BCUT2D eigenvalue weighted by Gasteiger charge is 2.34. The van der Waals surface area contributed by atoms with E-state index in [9.17, 15) is 14.4 Å². The minimum Gasteiger partial charge on any atom is -0.459 e. The van der Waals surface area contributed by atoms with Crippen LogP contribution in [0.3, 0.4) is 0 Å². The second-order valence-electron chi connectivity index (χ2n) is 8.29. The number of hydrogen-bond donors (Lipinski definition) is 2. The molecule has 2 heterocycles. The number of amides is 3. The summed E-state index contributed by atoms with van der Waals surface area (Å²) in [5.41, 5.74) is 1.14. The first-order chi connectivity index (χ1) is 16.6. The molecule has 3 amide bonds. The first-order valence-electron chi connectivity index (χ1n) is 11.5. The molecule has 1 atom stereocenters. The van der Waals surface area contributed by atoms with Crippen molar-refractivity contribution < 1.29 is 18.8 Å². The topological polar surface area (TPSA) is 105 Å². The molecule has 1 aliphatic carbocycles. The molecule has 176 valence electrons. The minimum atomic E-state index is -0.939. The minimum absolute atomic E-state index is 0.0757. The number of nitrogens with zero attached hydrogens (tertiary/aromatic N) is 2. The second-order valence-corrected chi connectivity index (χ2v) is 8.29. The van der Waals surface area contributed by atoms with Crippen LogP contribution in [0.2, 0.25) is 0 Å². The van der Waals surface area contributed by atoms with E-state index >= 15 is 0 Å². The lowest BCUT2D eigenvalue weighted by molar-refractivity contribution is -0.127. The van der Waals surface area contributed by atoms with Gasteiger partial charge >= 0.3 is 0 Å². The molecule has 8 nitrogen and oxygen atoms in total. The Bertz CT molecular complexity index is 1080. The first-order valence-corrected chi connectivity index (χ1v) is 11.5. The molecule has 1 fully saturated rings. The number of pyridine rings is 1. The largest absolute Gasteiger partial charge is 0.459 e. The molecule has 2 aromatic heterocycles. The quantitative estimate of drug-likeness (QED) is 0.534. The summed E-state index contributed by atoms with van der Waals surface area (Å²) in [6.45, 7) is -0.304. The number of para-hydroxylation sites is 1. The monoisotopic (exact) mass is 460 g/mol. The molecule has 1 saturated carbocycles. The van der Waals surface area contributed by atoms with Gasteiger partial charge in [0.15, 0.2) is 5.76 Å². The van der Waals surface area contributed by atoms with E-state index < -0.39 is 17.9 Å². The van der Waals surface area contributed by atoms with Gasteiger partial charge in [0, 0.05) is 29.7 Å². The number of anilines is 1. The first kappa shape index (κ1) is 23.2. The Morgan fingerprint density at radius 2 is 1.79 bits per heavy atom. The fourth-order valence-corrected chi connectivity index (χ4v) is 4.24. The molecule has 3 aromatic rings. The van der Waals surface area contributed by atoms with Gasteiger partial charge in [0.1, 0.15) is 6.04 Å². The summed E-state index contributed by atoms with van der Waals surface area (Å²) in [5, 5.41) is 5.74. The number of hydrogen-bond acceptors (Lipinski definition) is 5. The summed E-state index contributed by atoms with van der Waals surface area (Å²) in [4.78, 5) is 45.1. The van der Waals surface area contributed by atoms with Crippen LogP contribution in [0.25, 0.3) is 0 Å². The predicted octanol–water partition coefficient (Wildman–Crippen LogP) is 3.63. The average Bonchev–Trinajstić information content (AvgIpc) is 3.42. The van der Waals surface area contributed by atoms with Crippen molar-refractivity contribution in [3.05, 3.63) is 84.6 Å². The van der Waals surface area contributed by atoms with E-state index in [1.807, 2.05) is 6.07 Å². The summed E-state index contributed by atoms with van der Waals surface area (Å²) < 4.78 is 5.10. The molecule has 34 heavy (non-hydrogen) atoms. The van der Waals surface area contributed by atoms with Gasteiger partial charge in [0.2, 0.25) is 11.8 Å². The van der Waals surface area contributed by atoms with Crippen LogP contribution >= 0.6 is 0 Å². The third-order valence-corrected chi connectivity index (χ3v) is 5.91. The van der Waals surface area contributed by atoms with Crippen molar-refractivity contribution in [1.29, 1.82) is 0 Å². The maximum absolute atomic E-state index is 13.6. The number of nitrogens with one attached hydrogen (secondary N) is 2. The van der Waals surface area contributed by atoms with Crippen molar-refractivity contribution in [2.75, 3.05) is 11.4 Å². The second kappa shape index (κ2) is 11.3. The molecule has 4 rings (SSSR count). The van der Waals surface area contributed by atoms with Crippen molar-refractivity contribution >= 4 is 23.4 Å². The molecule has 1 aromatic carbocycles. The maximum atomic E-state index is 13.6. The highest BCUT2D eigenvalue weighted by atomic mass is 16.3. The van der Waals surface area contributed by atoms with E-state index in [4.69, 9.17) is 4.42 Å². The van der Waals surface area contributed by atoms with Crippen LogP contribution in [0.5, 0.6) is 0 Å². The van der Waals surface area contributed by atoms with Crippen LogP contribution in [0.1, 0.15) is 54.3 Å². The highest BCUT2D eigenvalue weighted by molar-refractivity contribution is 6.04. The van der Waals surface area contributed by atoms with E-state index in [1.54, 1.807) is 54.9 Å². The number of carbonyl (C=O) groups excluding carboxylic acids is 3. The molecule has 0 unspecified atom stereocenters. The fourth-order valence-electron chi connectivity index (χ4n) is 4.24. The van der Waals surface area contributed by atoms with E-state index in [1.165, 1.54) is 23.7 Å². The normalized spacial score (nSPS) is 14.7. The van der Waals surface area contributed by atoms with Crippen LogP contribution in [-0.2, 0) is 9.59 Å². The molecule has 1 aliphatic rings. The molecule has 0 spiro atoms. The number of benzene rings is 1. The van der Waals surface area contributed by atoms with Gasteiger partial charge in [0.05, 0.1) is 12.8 Å². The van der Waals surface area contributed by atoms with E-state index in [0.29, 0.717) is 11.3 Å². The highest BCUT2D eigenvalue weighted by Crippen LogP contribution is 2.28. The Morgan fingerprint density at radius 1 is 1.00 bits per heavy atom. The van der Waals surface area contributed by atoms with Crippen molar-refractivity contribution in [3.63, 3.8) is 0 Å². The van der Waals surface area contributed by atoms with E-state index in [2.05, 4.69) is 15.6 Å². The summed E-state index contributed by atoms with van der Waals surface area (Å²) in [7, 11) is 0. The lowest BCUT2D eigenvalue weighted by Gasteiger charge is -2.33. The van der Waals surface area contributed by atoms with E-state index in [0.717, 1.165) is 25.7 Å². The Morgan fingerprint density at radius 3 is 2.47 bits per heavy atom. The number of carbonyl (C=O) groups is 3. The van der Waals surface area contributed by atoms with Gasteiger partial charge in [-0.3, -0.25) is 24.3 Å². The smallest absolute Gasteiger partial charge is 0.287 e. The predicted molar refractivity (Wildman–Crippen MR) is 127 cm³/mol. The van der Waals surface area contributed by atoms with Gasteiger partial charge in [0.25, 0.3) is 5.91 Å². The van der Waals surface area contributed by atoms with Crippen LogP contribution in [-0.4, -0.2) is 35.3 Å². The summed E-state index contributed by atoms with van der Waals surface area (Å²) in [5.74, 6) is -1.10. The Kier molecular flexibility index (Phi) is 7.70. The third kappa shape index (κ3) is 5.70. The standard InChI is InChI=1S/C26H28N4O4/c31-23(18-28-25(32)22-14-8-16-34-22)30(21-12-5-2-6-13-21)24(19-9-7-15-27-17-19)26(33)29-20-10-3-1-4-11-20/h2,5-9,12-17,20,24H,1,3-4,10-11,18H2,(H,28,32)(H,29,33)/t24-/m0/s1. The molecule has 0 saturated heterocycles. The fraction of sp³-hybridized carbons (Fsp3) is 0.308. The van der Waals surface area contributed by atoms with E-state index in [-0.39, 0.29) is 24.3 Å². The molecule has 2 N–H and O–H groups in total. The van der Waals surface area contributed by atoms with Gasteiger partial charge < -0.3 is 15.1 Å². The third-order valence-electron chi connectivity index (χ3n) is 5.91. The van der Waals surface area contributed by atoms with Crippen molar-refractivity contribution in [2.45, 2.75) is 44.2 Å². The van der Waals surface area contributed by atoms with Gasteiger partial charge in [-0.05, 0) is 43.2 Å². The average molecular weight is 461 g/mol. The van der Waals surface area contributed by atoms with Crippen molar-refractivity contribution in [2.24, 2.45) is 0 Å². The SMILES string of the molecule is O=C(NCC(=O)N(c1ccccc1)[C@H](C(=O)NC1CCCCC1)c1cccnc1)c1ccco1. The number of rotatable bonds is 8. The van der Waals surface area contributed by atoms with Crippen LogP contribution in [0.4, 0.5) is 5.69 Å². The molecule has 0 aliphatic heterocycles. The van der Waals surface area contributed by atoms with Crippen molar-refractivity contribution in [1.82, 2.24) is 15.6 Å². The summed E-state index contributed by atoms with van der Waals surface area (Å²) in [6.07, 6.45) is 9.76. The molecular weight excluding hydrogens is 432 g/mol. The van der Waals surface area contributed by atoms with Crippen LogP contribution in [0, 0.1) is 0 Å². The summed E-state index contributed by atoms with van der Waals surface area (Å²) >= 11 is 0. The van der Waals surface area contributed by atoms with Gasteiger partial charge in [-0.25, -0.2) is 0 Å². The Hall–Kier alpha value is -3.94. The van der Waals surface area contributed by atoms with Gasteiger partial charge in [-0.15, -0.1) is 0 Å². The zero-order valence-corrected chi connectivity index (χ0v) is 18.9. The Balaban J connectivity index is 1.63. The molecule has 0 radical (unpaired) electrons. The lowest BCUT2D eigenvalue weighted by atomic mass is 9.94.